The van der Waals surface area contributed by atoms with E-state index in [-0.39, 0.29) is 0 Å². The third kappa shape index (κ3) is 4.64. The highest BCUT2D eigenvalue weighted by molar-refractivity contribution is 6.11. The van der Waals surface area contributed by atoms with Gasteiger partial charge in [-0.3, -0.25) is 0 Å². The number of hydrogen-bond donors (Lipinski definition) is 0. The summed E-state index contributed by atoms with van der Waals surface area (Å²) in [7, 11) is 0. The van der Waals surface area contributed by atoms with Crippen LogP contribution in [0.5, 0.6) is 0 Å². The van der Waals surface area contributed by atoms with Crippen molar-refractivity contribution in [1.29, 1.82) is 0 Å². The quantitative estimate of drug-likeness (QED) is 0.181. The molecule has 214 valence electrons. The lowest BCUT2D eigenvalue weighted by Gasteiger charge is -2.11. The van der Waals surface area contributed by atoms with Gasteiger partial charge in [0.05, 0.1) is 0 Å². The molecule has 9 aromatic carbocycles. The Bertz CT molecular complexity index is 2360. The number of hydrogen-bond acceptors (Lipinski definition) is 0. The van der Waals surface area contributed by atoms with Crippen molar-refractivity contribution in [1.82, 2.24) is 0 Å². The molecule has 9 aromatic rings. The molecule has 0 radical (unpaired) electrons. The first-order valence-electron chi connectivity index (χ1n) is 15.9. The van der Waals surface area contributed by atoms with Crippen LogP contribution in [0.4, 0.5) is 0 Å². The molecule has 0 atom stereocenters. The molecule has 0 amide bonds. The van der Waals surface area contributed by atoms with Crippen LogP contribution < -0.4 is 0 Å². The molecule has 0 saturated heterocycles. The summed E-state index contributed by atoms with van der Waals surface area (Å²) in [5, 5.41) is 10.2. The minimum absolute atomic E-state index is 1.22. The standard InChI is InChI=1S/C46H30/c1-3-7-31(8-4-1)39-23-19-35-15-17-37-21-25-41(29-45(37)43(35)27-39)33-11-13-34(14-12-33)42-26-22-38-18-16-36-20-24-40(28-44(36)46(38)30-42)32-9-5-2-6-10-32/h1-30H. The smallest absolute Gasteiger partial charge is 0.00990 e. The van der Waals surface area contributed by atoms with Gasteiger partial charge in [0.15, 0.2) is 0 Å². The van der Waals surface area contributed by atoms with Gasteiger partial charge in [-0.2, -0.15) is 0 Å². The first-order chi connectivity index (χ1) is 22.8. The molecule has 0 unspecified atom stereocenters. The molecule has 0 aromatic heterocycles. The van der Waals surface area contributed by atoms with E-state index in [1.54, 1.807) is 0 Å². The number of benzene rings is 9. The highest BCUT2D eigenvalue weighted by Gasteiger charge is 2.09. The summed E-state index contributed by atoms with van der Waals surface area (Å²) >= 11 is 0. The molecule has 0 bridgehead atoms. The van der Waals surface area contributed by atoms with Crippen molar-refractivity contribution in [3.8, 4) is 44.5 Å². The average Bonchev–Trinajstić information content (AvgIpc) is 3.14. The Hall–Kier alpha value is -5.98. The van der Waals surface area contributed by atoms with E-state index in [0.717, 1.165) is 0 Å². The predicted octanol–water partition coefficient (Wildman–Crippen LogP) is 13.0. The summed E-state index contributed by atoms with van der Waals surface area (Å²) in [4.78, 5) is 0. The maximum absolute atomic E-state index is 2.36. The lowest BCUT2D eigenvalue weighted by molar-refractivity contribution is 1.62. The first kappa shape index (κ1) is 26.4. The summed E-state index contributed by atoms with van der Waals surface area (Å²) in [5.74, 6) is 0. The van der Waals surface area contributed by atoms with Crippen molar-refractivity contribution in [2.24, 2.45) is 0 Å². The Labute approximate surface area is 268 Å². The van der Waals surface area contributed by atoms with Gasteiger partial charge >= 0.3 is 0 Å². The van der Waals surface area contributed by atoms with Gasteiger partial charge in [0.25, 0.3) is 0 Å². The molecule has 0 spiro atoms. The van der Waals surface area contributed by atoms with Crippen LogP contribution in [-0.2, 0) is 0 Å². The van der Waals surface area contributed by atoms with E-state index in [1.165, 1.54) is 87.6 Å². The van der Waals surface area contributed by atoms with Crippen molar-refractivity contribution in [3.63, 3.8) is 0 Å². The van der Waals surface area contributed by atoms with E-state index in [4.69, 9.17) is 0 Å². The topological polar surface area (TPSA) is 0 Å². The van der Waals surface area contributed by atoms with Crippen LogP contribution in [0.3, 0.4) is 0 Å². The van der Waals surface area contributed by atoms with Gasteiger partial charge in [0.1, 0.15) is 0 Å². The fourth-order valence-corrected chi connectivity index (χ4v) is 6.93. The molecule has 0 fully saturated rings. The van der Waals surface area contributed by atoms with Crippen LogP contribution in [0.1, 0.15) is 0 Å². The summed E-state index contributed by atoms with van der Waals surface area (Å²) in [6.07, 6.45) is 0. The Kier molecular flexibility index (Phi) is 6.25. The molecular weight excluding hydrogens is 553 g/mol. The molecule has 0 nitrogen and oxygen atoms in total. The van der Waals surface area contributed by atoms with Gasteiger partial charge in [-0.25, -0.2) is 0 Å². The lowest BCUT2D eigenvalue weighted by atomic mass is 9.93. The van der Waals surface area contributed by atoms with E-state index >= 15 is 0 Å². The lowest BCUT2D eigenvalue weighted by Crippen LogP contribution is -1.85. The Morgan fingerprint density at radius 3 is 0.674 bits per heavy atom. The second-order valence-corrected chi connectivity index (χ2v) is 12.2. The fourth-order valence-electron chi connectivity index (χ4n) is 6.93. The Balaban J connectivity index is 1.10. The maximum atomic E-state index is 2.36. The van der Waals surface area contributed by atoms with Crippen LogP contribution >= 0.6 is 0 Å². The maximum Gasteiger partial charge on any atom is -0.00990 e. The average molecular weight is 583 g/mol. The molecule has 0 aliphatic carbocycles. The summed E-state index contributed by atoms with van der Waals surface area (Å²) in [5.41, 5.74) is 9.88. The van der Waals surface area contributed by atoms with E-state index in [0.29, 0.717) is 0 Å². The van der Waals surface area contributed by atoms with E-state index in [1.807, 2.05) is 0 Å². The highest BCUT2D eigenvalue weighted by atomic mass is 14.1. The van der Waals surface area contributed by atoms with Gasteiger partial charge < -0.3 is 0 Å². The molecule has 0 saturated carbocycles. The summed E-state index contributed by atoms with van der Waals surface area (Å²) < 4.78 is 0. The predicted molar refractivity (Wildman–Crippen MR) is 198 cm³/mol. The van der Waals surface area contributed by atoms with Crippen LogP contribution in [0.2, 0.25) is 0 Å². The third-order valence-corrected chi connectivity index (χ3v) is 9.44. The SMILES string of the molecule is c1ccc(-c2ccc3ccc4ccc(-c5ccc(-c6ccc7ccc8ccc(-c9ccccc9)cc8c7c6)cc5)cc4c3c2)cc1. The van der Waals surface area contributed by atoms with E-state index < -0.39 is 0 Å². The summed E-state index contributed by atoms with van der Waals surface area (Å²) in [6, 6.07) is 66.6. The van der Waals surface area contributed by atoms with Gasteiger partial charge in [0, 0.05) is 0 Å². The molecule has 0 heteroatoms. The molecule has 0 N–H and O–H groups in total. The fraction of sp³-hybridized carbons (Fsp3) is 0. The Morgan fingerprint density at radius 2 is 0.391 bits per heavy atom. The van der Waals surface area contributed by atoms with E-state index in [9.17, 15) is 0 Å². The number of fused-ring (bicyclic) bond motifs is 6. The zero-order valence-corrected chi connectivity index (χ0v) is 25.3. The largest absolute Gasteiger partial charge is 0.0622 e. The van der Waals surface area contributed by atoms with E-state index in [2.05, 4.69) is 182 Å². The second kappa shape index (κ2) is 10.9. The van der Waals surface area contributed by atoms with Gasteiger partial charge in [-0.05, 0) is 112 Å². The molecule has 0 heterocycles. The van der Waals surface area contributed by atoms with Gasteiger partial charge in [-0.1, -0.05) is 158 Å². The van der Waals surface area contributed by atoms with Gasteiger partial charge in [-0.15, -0.1) is 0 Å². The van der Waals surface area contributed by atoms with Crippen molar-refractivity contribution in [2.75, 3.05) is 0 Å². The van der Waals surface area contributed by atoms with Crippen LogP contribution in [0.25, 0.3) is 87.6 Å². The molecule has 46 heavy (non-hydrogen) atoms. The van der Waals surface area contributed by atoms with Crippen LogP contribution in [0.15, 0.2) is 182 Å². The van der Waals surface area contributed by atoms with Crippen molar-refractivity contribution >= 4 is 43.1 Å². The highest BCUT2D eigenvalue weighted by Crippen LogP contribution is 2.36. The Morgan fingerprint density at radius 1 is 0.174 bits per heavy atom. The zero-order valence-electron chi connectivity index (χ0n) is 25.3. The molecule has 9 rings (SSSR count). The summed E-state index contributed by atoms with van der Waals surface area (Å²) in [6.45, 7) is 0. The minimum atomic E-state index is 1.22. The van der Waals surface area contributed by atoms with Crippen molar-refractivity contribution in [3.05, 3.63) is 182 Å². The first-order valence-corrected chi connectivity index (χ1v) is 15.9. The zero-order chi connectivity index (χ0) is 30.5. The second-order valence-electron chi connectivity index (χ2n) is 12.2. The van der Waals surface area contributed by atoms with Crippen molar-refractivity contribution in [2.45, 2.75) is 0 Å². The normalized spacial score (nSPS) is 11.5. The molecular formula is C46H30. The minimum Gasteiger partial charge on any atom is -0.0622 e. The monoisotopic (exact) mass is 582 g/mol. The number of rotatable bonds is 4. The third-order valence-electron chi connectivity index (χ3n) is 9.44. The molecule has 0 aliphatic heterocycles. The molecule has 0 aliphatic rings. The van der Waals surface area contributed by atoms with Crippen LogP contribution in [-0.4, -0.2) is 0 Å². The van der Waals surface area contributed by atoms with Crippen molar-refractivity contribution < 1.29 is 0 Å². The van der Waals surface area contributed by atoms with Crippen LogP contribution in [0, 0.1) is 0 Å². The van der Waals surface area contributed by atoms with Gasteiger partial charge in [0.2, 0.25) is 0 Å².